The Morgan fingerprint density at radius 1 is 0.960 bits per heavy atom. The maximum Gasteiger partial charge on any atom is 0.281 e. The van der Waals surface area contributed by atoms with Crippen molar-refractivity contribution in [1.29, 1.82) is 0 Å². The molecule has 7 nitrogen and oxygen atoms in total. The van der Waals surface area contributed by atoms with Crippen LogP contribution in [0.15, 0.2) is 42.6 Å². The highest BCUT2D eigenvalue weighted by molar-refractivity contribution is 7.86. The molecule has 1 aliphatic heterocycles. The molecule has 0 atom stereocenters. The molecule has 1 aromatic carbocycles. The lowest BCUT2D eigenvalue weighted by molar-refractivity contribution is 0.355. The molecule has 4 rings (SSSR count). The number of piperazine rings is 1. The van der Waals surface area contributed by atoms with E-state index in [-0.39, 0.29) is 0 Å². The number of para-hydroxylation sites is 2. The van der Waals surface area contributed by atoms with Crippen LogP contribution in [0, 0.1) is 0 Å². The minimum absolute atomic E-state index is 0.460. The van der Waals surface area contributed by atoms with Gasteiger partial charge in [0.05, 0.1) is 16.6 Å². The van der Waals surface area contributed by atoms with Crippen LogP contribution >= 0.6 is 0 Å². The smallest absolute Gasteiger partial charge is 0.281 e. The van der Waals surface area contributed by atoms with Gasteiger partial charge in [-0.05, 0) is 24.3 Å². The summed E-state index contributed by atoms with van der Waals surface area (Å²) in [5.41, 5.74) is 3.05. The van der Waals surface area contributed by atoms with Gasteiger partial charge in [-0.1, -0.05) is 12.1 Å². The Kier molecular flexibility index (Phi) is 3.90. The number of hydrogen-bond donors (Lipinski definition) is 0. The Morgan fingerprint density at radius 3 is 2.36 bits per heavy atom. The van der Waals surface area contributed by atoms with Crippen LogP contribution in [-0.4, -0.2) is 66.7 Å². The van der Waals surface area contributed by atoms with Gasteiger partial charge < -0.3 is 9.30 Å². The van der Waals surface area contributed by atoms with Crippen LogP contribution in [0.25, 0.3) is 16.6 Å². The molecule has 0 spiro atoms. The summed E-state index contributed by atoms with van der Waals surface area (Å²) < 4.78 is 29.5. The highest BCUT2D eigenvalue weighted by Crippen LogP contribution is 2.26. The first-order chi connectivity index (χ1) is 12.0. The number of benzene rings is 1. The lowest BCUT2D eigenvalue weighted by Crippen LogP contribution is -2.52. The van der Waals surface area contributed by atoms with Crippen molar-refractivity contribution in [3.05, 3.63) is 42.6 Å². The predicted molar refractivity (Wildman–Crippen MR) is 99.1 cm³/mol. The first kappa shape index (κ1) is 16.3. The molecule has 25 heavy (non-hydrogen) atoms. The summed E-state index contributed by atoms with van der Waals surface area (Å²) >= 11 is 0. The zero-order valence-electron chi connectivity index (χ0n) is 14.3. The van der Waals surface area contributed by atoms with Gasteiger partial charge in [0, 0.05) is 46.5 Å². The van der Waals surface area contributed by atoms with Crippen molar-refractivity contribution in [1.82, 2.24) is 18.0 Å². The van der Waals surface area contributed by atoms with Gasteiger partial charge in [-0.2, -0.15) is 17.0 Å². The summed E-state index contributed by atoms with van der Waals surface area (Å²) in [5, 5.41) is 0. The highest BCUT2D eigenvalue weighted by atomic mass is 32.2. The summed E-state index contributed by atoms with van der Waals surface area (Å²) in [5.74, 6) is 0.908. The second-order valence-electron chi connectivity index (χ2n) is 6.36. The first-order valence-electron chi connectivity index (χ1n) is 8.27. The average Bonchev–Trinajstić information content (AvgIpc) is 3.11. The molecule has 0 radical (unpaired) electrons. The van der Waals surface area contributed by atoms with Crippen molar-refractivity contribution in [2.75, 3.05) is 45.2 Å². The third-order valence-corrected chi connectivity index (χ3v) is 6.61. The Balaban J connectivity index is 1.68. The fourth-order valence-corrected chi connectivity index (χ4v) is 4.39. The topological polar surface area (TPSA) is 61.2 Å². The third kappa shape index (κ3) is 2.66. The van der Waals surface area contributed by atoms with Crippen molar-refractivity contribution in [3.8, 4) is 0 Å². The van der Waals surface area contributed by atoms with E-state index in [4.69, 9.17) is 4.98 Å². The Labute approximate surface area is 147 Å². The van der Waals surface area contributed by atoms with Gasteiger partial charge in [0.1, 0.15) is 0 Å². The van der Waals surface area contributed by atoms with Crippen molar-refractivity contribution in [3.63, 3.8) is 0 Å². The van der Waals surface area contributed by atoms with E-state index in [1.54, 1.807) is 14.1 Å². The van der Waals surface area contributed by atoms with Gasteiger partial charge in [0.15, 0.2) is 5.82 Å². The van der Waals surface area contributed by atoms with Crippen LogP contribution in [0.3, 0.4) is 0 Å². The lowest BCUT2D eigenvalue weighted by Gasteiger charge is -2.36. The minimum Gasteiger partial charge on any atom is -0.352 e. The summed E-state index contributed by atoms with van der Waals surface area (Å²) in [6, 6.07) is 12.1. The maximum atomic E-state index is 12.3. The second kappa shape index (κ2) is 5.98. The number of hydrogen-bond acceptors (Lipinski definition) is 4. The molecule has 3 heterocycles. The number of aromatic nitrogens is 2. The SMILES string of the molecule is CN(C)S(=O)(=O)N1CCN(c2nc3ccccc3n3cccc23)CC1. The molecule has 0 aliphatic carbocycles. The van der Waals surface area contributed by atoms with Crippen LogP contribution in [0.4, 0.5) is 5.82 Å². The van der Waals surface area contributed by atoms with Crippen LogP contribution in [0.5, 0.6) is 0 Å². The molecule has 0 N–H and O–H groups in total. The summed E-state index contributed by atoms with van der Waals surface area (Å²) in [7, 11) is -0.225. The van der Waals surface area contributed by atoms with Gasteiger partial charge in [0.25, 0.3) is 10.2 Å². The molecule has 1 aliphatic rings. The van der Waals surface area contributed by atoms with Gasteiger partial charge in [0.2, 0.25) is 0 Å². The zero-order valence-corrected chi connectivity index (χ0v) is 15.1. The highest BCUT2D eigenvalue weighted by Gasteiger charge is 2.29. The molecule has 1 fully saturated rings. The lowest BCUT2D eigenvalue weighted by atomic mass is 10.2. The van der Waals surface area contributed by atoms with E-state index in [1.807, 2.05) is 30.5 Å². The molecule has 3 aromatic rings. The van der Waals surface area contributed by atoms with Gasteiger partial charge in [-0.25, -0.2) is 4.98 Å². The largest absolute Gasteiger partial charge is 0.352 e. The molecule has 8 heteroatoms. The van der Waals surface area contributed by atoms with E-state index in [0.29, 0.717) is 26.2 Å². The van der Waals surface area contributed by atoms with E-state index in [0.717, 1.165) is 22.4 Å². The second-order valence-corrected chi connectivity index (χ2v) is 8.51. The van der Waals surface area contributed by atoms with Gasteiger partial charge >= 0.3 is 0 Å². The van der Waals surface area contributed by atoms with Crippen molar-refractivity contribution >= 4 is 32.6 Å². The summed E-state index contributed by atoms with van der Waals surface area (Å²) in [6.07, 6.45) is 2.04. The fraction of sp³-hybridized carbons (Fsp3) is 0.353. The number of nitrogens with zero attached hydrogens (tertiary/aromatic N) is 5. The van der Waals surface area contributed by atoms with E-state index >= 15 is 0 Å². The monoisotopic (exact) mass is 359 g/mol. The van der Waals surface area contributed by atoms with E-state index in [1.165, 1.54) is 8.61 Å². The molecule has 0 amide bonds. The van der Waals surface area contributed by atoms with E-state index < -0.39 is 10.2 Å². The van der Waals surface area contributed by atoms with E-state index in [9.17, 15) is 8.42 Å². The molecular weight excluding hydrogens is 338 g/mol. The zero-order chi connectivity index (χ0) is 17.6. The molecule has 1 saturated heterocycles. The molecule has 0 saturated carbocycles. The third-order valence-electron chi connectivity index (χ3n) is 4.67. The fourth-order valence-electron chi connectivity index (χ4n) is 3.30. The number of anilines is 1. The van der Waals surface area contributed by atoms with Crippen molar-refractivity contribution in [2.45, 2.75) is 0 Å². The van der Waals surface area contributed by atoms with Crippen LogP contribution in [-0.2, 0) is 10.2 Å². The van der Waals surface area contributed by atoms with Crippen LogP contribution in [0.2, 0.25) is 0 Å². The number of rotatable bonds is 3. The maximum absolute atomic E-state index is 12.3. The normalized spacial score (nSPS) is 17.0. The minimum atomic E-state index is -3.36. The first-order valence-corrected chi connectivity index (χ1v) is 9.66. The predicted octanol–water partition coefficient (Wildman–Crippen LogP) is 1.42. The molecular formula is C17H21N5O2S. The Bertz CT molecular complexity index is 1020. The molecule has 2 aromatic heterocycles. The van der Waals surface area contributed by atoms with Crippen LogP contribution < -0.4 is 4.90 Å². The summed E-state index contributed by atoms with van der Waals surface area (Å²) in [6.45, 7) is 2.17. The quantitative estimate of drug-likeness (QED) is 0.710. The van der Waals surface area contributed by atoms with Crippen molar-refractivity contribution in [2.24, 2.45) is 0 Å². The summed E-state index contributed by atoms with van der Waals surface area (Å²) in [4.78, 5) is 7.02. The van der Waals surface area contributed by atoms with Gasteiger partial charge in [-0.3, -0.25) is 0 Å². The van der Waals surface area contributed by atoms with Crippen LogP contribution in [0.1, 0.15) is 0 Å². The average molecular weight is 359 g/mol. The Morgan fingerprint density at radius 2 is 1.64 bits per heavy atom. The van der Waals surface area contributed by atoms with Crippen molar-refractivity contribution < 1.29 is 8.42 Å². The van der Waals surface area contributed by atoms with Gasteiger partial charge in [-0.15, -0.1) is 0 Å². The molecule has 0 bridgehead atoms. The molecule has 0 unspecified atom stereocenters. The Hall–Kier alpha value is -2.16. The molecule has 132 valence electrons. The number of fused-ring (bicyclic) bond motifs is 3. The van der Waals surface area contributed by atoms with E-state index in [2.05, 4.69) is 21.4 Å². The standard InChI is InChI=1S/C17H21N5O2S/c1-19(2)25(23,24)21-12-10-20(11-13-21)17-16-8-5-9-22(16)15-7-4-3-6-14(15)18-17/h3-9H,10-13H2,1-2H3.